The molecule has 0 aliphatic carbocycles. The topological polar surface area (TPSA) is 52.9 Å². The van der Waals surface area contributed by atoms with Gasteiger partial charge < -0.3 is 5.11 Å². The first-order chi connectivity index (χ1) is 7.83. The molecule has 0 aromatic heterocycles. The summed E-state index contributed by atoms with van der Waals surface area (Å²) in [5.41, 5.74) is 0.850. The fraction of sp³-hybridized carbons (Fsp3) is 0.500. The van der Waals surface area contributed by atoms with Gasteiger partial charge in [-0.2, -0.15) is 0 Å². The number of hydrogen-bond acceptors (Lipinski definition) is 3. The Bertz CT molecular complexity index is 342. The van der Waals surface area contributed by atoms with Gasteiger partial charge in [-0.3, -0.25) is 5.01 Å². The molecule has 2 unspecified atom stereocenters. The molecule has 16 heavy (non-hydrogen) atoms. The van der Waals surface area contributed by atoms with Gasteiger partial charge in [0.25, 0.3) is 0 Å². The molecule has 4 heteroatoms. The van der Waals surface area contributed by atoms with E-state index in [0.29, 0.717) is 6.54 Å². The van der Waals surface area contributed by atoms with E-state index in [1.807, 2.05) is 30.3 Å². The first kappa shape index (κ1) is 11.1. The van der Waals surface area contributed by atoms with Crippen LogP contribution in [0.3, 0.4) is 0 Å². The van der Waals surface area contributed by atoms with Crippen LogP contribution >= 0.6 is 0 Å². The summed E-state index contributed by atoms with van der Waals surface area (Å²) in [5.74, 6) is 0. The van der Waals surface area contributed by atoms with Crippen molar-refractivity contribution in [3.05, 3.63) is 40.8 Å². The molecule has 86 valence electrons. The molecule has 1 aliphatic rings. The Morgan fingerprint density at radius 1 is 1.31 bits per heavy atom. The number of hydrogen-bond donors (Lipinski definition) is 1. The lowest BCUT2D eigenvalue weighted by Crippen LogP contribution is -2.39. The summed E-state index contributed by atoms with van der Waals surface area (Å²) in [6, 6.07) is 9.27. The average Bonchev–Trinajstić information content (AvgIpc) is 2.39. The van der Waals surface area contributed by atoms with Crippen molar-refractivity contribution in [3.63, 3.8) is 0 Å². The molecule has 0 radical (unpaired) electrons. The number of nitroso groups, excluding NO2 is 1. The van der Waals surface area contributed by atoms with Crippen molar-refractivity contribution >= 4 is 0 Å². The van der Waals surface area contributed by atoms with Crippen molar-refractivity contribution in [2.75, 3.05) is 6.54 Å². The summed E-state index contributed by atoms with van der Waals surface area (Å²) in [4.78, 5) is 10.7. The normalized spacial score (nSPS) is 22.8. The second-order valence-corrected chi connectivity index (χ2v) is 4.16. The lowest BCUT2D eigenvalue weighted by atomic mass is 9.94. The molecule has 1 aromatic carbocycles. The van der Waals surface area contributed by atoms with E-state index in [9.17, 15) is 10.0 Å². The van der Waals surface area contributed by atoms with E-state index < -0.39 is 6.10 Å². The maximum Gasteiger partial charge on any atom is 0.101 e. The van der Waals surface area contributed by atoms with E-state index in [-0.39, 0.29) is 6.04 Å². The minimum absolute atomic E-state index is 0.173. The Morgan fingerprint density at radius 3 is 2.75 bits per heavy atom. The Morgan fingerprint density at radius 2 is 2.06 bits per heavy atom. The van der Waals surface area contributed by atoms with Gasteiger partial charge in [-0.25, -0.2) is 0 Å². The van der Waals surface area contributed by atoms with Gasteiger partial charge in [-0.1, -0.05) is 30.3 Å². The van der Waals surface area contributed by atoms with Crippen LogP contribution in [0.15, 0.2) is 35.6 Å². The monoisotopic (exact) mass is 220 g/mol. The molecule has 1 aliphatic heterocycles. The number of piperidine rings is 1. The molecule has 0 bridgehead atoms. The standard InChI is InChI=1S/C12H16N2O2/c15-12(10-6-2-1-3-7-10)11-8-4-5-9-14(11)13-16/h1-3,6-7,11-12,15H,4-5,8-9H2. The van der Waals surface area contributed by atoms with Gasteiger partial charge in [0.15, 0.2) is 0 Å². The van der Waals surface area contributed by atoms with E-state index in [1.165, 1.54) is 5.01 Å². The molecule has 1 saturated heterocycles. The molecular weight excluding hydrogens is 204 g/mol. The highest BCUT2D eigenvalue weighted by atomic mass is 16.3. The maximum absolute atomic E-state index is 10.7. The highest BCUT2D eigenvalue weighted by Crippen LogP contribution is 2.28. The van der Waals surface area contributed by atoms with Crippen molar-refractivity contribution in [2.45, 2.75) is 31.4 Å². The van der Waals surface area contributed by atoms with E-state index in [0.717, 1.165) is 24.8 Å². The highest BCUT2D eigenvalue weighted by molar-refractivity contribution is 5.19. The zero-order chi connectivity index (χ0) is 11.4. The van der Waals surface area contributed by atoms with E-state index >= 15 is 0 Å². The third-order valence-electron chi connectivity index (χ3n) is 3.13. The molecule has 2 atom stereocenters. The van der Waals surface area contributed by atoms with Crippen LogP contribution in [-0.2, 0) is 0 Å². The molecule has 1 N–H and O–H groups in total. The fourth-order valence-corrected chi connectivity index (χ4v) is 2.24. The van der Waals surface area contributed by atoms with Crippen LogP contribution in [0, 0.1) is 4.91 Å². The number of aliphatic hydroxyl groups excluding tert-OH is 1. The van der Waals surface area contributed by atoms with Crippen LogP contribution in [0.25, 0.3) is 0 Å². The van der Waals surface area contributed by atoms with Crippen molar-refractivity contribution in [2.24, 2.45) is 5.29 Å². The van der Waals surface area contributed by atoms with Crippen LogP contribution in [0.5, 0.6) is 0 Å². The van der Waals surface area contributed by atoms with Crippen LogP contribution in [0.2, 0.25) is 0 Å². The molecule has 1 heterocycles. The quantitative estimate of drug-likeness (QED) is 0.795. The molecule has 0 amide bonds. The minimum atomic E-state index is -0.626. The maximum atomic E-state index is 10.7. The molecule has 0 spiro atoms. The molecule has 0 saturated carbocycles. The summed E-state index contributed by atoms with van der Waals surface area (Å²) in [7, 11) is 0. The predicted octanol–water partition coefficient (Wildman–Crippen LogP) is 2.26. The van der Waals surface area contributed by atoms with Gasteiger partial charge in [-0.15, -0.1) is 4.91 Å². The Hall–Kier alpha value is -1.42. The smallest absolute Gasteiger partial charge is 0.101 e. The number of benzene rings is 1. The zero-order valence-electron chi connectivity index (χ0n) is 9.12. The first-order valence-electron chi connectivity index (χ1n) is 5.66. The van der Waals surface area contributed by atoms with Crippen LogP contribution in [0.4, 0.5) is 0 Å². The molecule has 4 nitrogen and oxygen atoms in total. The third kappa shape index (κ3) is 2.22. The summed E-state index contributed by atoms with van der Waals surface area (Å²) >= 11 is 0. The Kier molecular flexibility index (Phi) is 3.51. The summed E-state index contributed by atoms with van der Waals surface area (Å²) in [6.07, 6.45) is 2.21. The second kappa shape index (κ2) is 5.07. The number of nitrogens with zero attached hydrogens (tertiary/aromatic N) is 2. The van der Waals surface area contributed by atoms with Gasteiger partial charge in [0, 0.05) is 6.54 Å². The average molecular weight is 220 g/mol. The highest BCUT2D eigenvalue weighted by Gasteiger charge is 2.29. The van der Waals surface area contributed by atoms with Crippen LogP contribution in [-0.4, -0.2) is 22.7 Å². The third-order valence-corrected chi connectivity index (χ3v) is 3.13. The van der Waals surface area contributed by atoms with E-state index in [2.05, 4.69) is 5.29 Å². The number of aliphatic hydroxyl groups is 1. The summed E-state index contributed by atoms with van der Waals surface area (Å²) in [5, 5.41) is 14.7. The van der Waals surface area contributed by atoms with Gasteiger partial charge in [0.05, 0.1) is 11.3 Å². The van der Waals surface area contributed by atoms with Gasteiger partial charge >= 0.3 is 0 Å². The van der Waals surface area contributed by atoms with E-state index in [1.54, 1.807) is 0 Å². The summed E-state index contributed by atoms with van der Waals surface area (Å²) < 4.78 is 0. The summed E-state index contributed by atoms with van der Waals surface area (Å²) in [6.45, 7) is 0.651. The van der Waals surface area contributed by atoms with Crippen LogP contribution in [0.1, 0.15) is 30.9 Å². The largest absolute Gasteiger partial charge is 0.386 e. The fourth-order valence-electron chi connectivity index (χ4n) is 2.24. The van der Waals surface area contributed by atoms with Gasteiger partial charge in [0.1, 0.15) is 6.10 Å². The lowest BCUT2D eigenvalue weighted by Gasteiger charge is -2.34. The molecule has 1 fully saturated rings. The van der Waals surface area contributed by atoms with Crippen LogP contribution < -0.4 is 0 Å². The first-order valence-corrected chi connectivity index (χ1v) is 5.66. The Balaban J connectivity index is 2.13. The number of rotatable bonds is 3. The zero-order valence-corrected chi connectivity index (χ0v) is 9.12. The predicted molar refractivity (Wildman–Crippen MR) is 61.5 cm³/mol. The van der Waals surface area contributed by atoms with E-state index in [4.69, 9.17) is 0 Å². The lowest BCUT2D eigenvalue weighted by molar-refractivity contribution is 0.0253. The van der Waals surface area contributed by atoms with Crippen molar-refractivity contribution in [3.8, 4) is 0 Å². The minimum Gasteiger partial charge on any atom is -0.386 e. The van der Waals surface area contributed by atoms with Crippen molar-refractivity contribution < 1.29 is 5.11 Å². The van der Waals surface area contributed by atoms with Gasteiger partial charge in [-0.05, 0) is 24.8 Å². The molecule has 2 rings (SSSR count). The second-order valence-electron chi connectivity index (χ2n) is 4.16. The van der Waals surface area contributed by atoms with Gasteiger partial charge in [0.2, 0.25) is 0 Å². The SMILES string of the molecule is O=NN1CCCCC1C(O)c1ccccc1. The Labute approximate surface area is 94.8 Å². The molecular formula is C12H16N2O2. The van der Waals surface area contributed by atoms with Crippen molar-refractivity contribution in [1.82, 2.24) is 5.01 Å². The molecule has 1 aromatic rings. The van der Waals surface area contributed by atoms with Crippen molar-refractivity contribution in [1.29, 1.82) is 0 Å².